The van der Waals surface area contributed by atoms with E-state index < -0.39 is 0 Å². The molecular weight excluding hydrogens is 388 g/mol. The van der Waals surface area contributed by atoms with Crippen molar-refractivity contribution in [2.24, 2.45) is 10.8 Å². The molecule has 0 aliphatic rings. The van der Waals surface area contributed by atoms with Crippen LogP contribution in [0.5, 0.6) is 5.75 Å². The van der Waals surface area contributed by atoms with Gasteiger partial charge in [0.25, 0.3) is 0 Å². The number of hydrogen-bond donors (Lipinski definition) is 0. The molecule has 2 rings (SSSR count). The van der Waals surface area contributed by atoms with Crippen molar-refractivity contribution >= 4 is 0 Å². The Labute approximate surface area is 199 Å². The Morgan fingerprint density at radius 3 is 1.66 bits per heavy atom. The van der Waals surface area contributed by atoms with E-state index in [-0.39, 0.29) is 21.8 Å². The lowest BCUT2D eigenvalue weighted by Gasteiger charge is -2.36. The van der Waals surface area contributed by atoms with Gasteiger partial charge in [0.15, 0.2) is 0 Å². The summed E-state index contributed by atoms with van der Waals surface area (Å²) in [7, 11) is 0. The first-order valence-corrected chi connectivity index (χ1v) is 12.4. The molecule has 1 nitrogen and oxygen atoms in total. The minimum absolute atomic E-state index is 0.0772. The third kappa shape index (κ3) is 6.87. The zero-order valence-electron chi connectivity index (χ0n) is 23.0. The van der Waals surface area contributed by atoms with Crippen LogP contribution in [0.25, 0.3) is 0 Å². The first-order valence-electron chi connectivity index (χ1n) is 12.4. The predicted octanol–water partition coefficient (Wildman–Crippen LogP) is 8.93. The van der Waals surface area contributed by atoms with Crippen molar-refractivity contribution in [2.75, 3.05) is 0 Å². The Kier molecular flexibility index (Phi) is 7.65. The molecule has 2 aromatic carbocycles. The summed E-state index contributed by atoms with van der Waals surface area (Å²) in [5.41, 5.74) is 7.08. The largest absolute Gasteiger partial charge is 0.488 e. The molecule has 0 saturated heterocycles. The van der Waals surface area contributed by atoms with Crippen LogP contribution in [0.3, 0.4) is 0 Å². The van der Waals surface area contributed by atoms with E-state index in [4.69, 9.17) is 4.74 Å². The highest BCUT2D eigenvalue weighted by atomic mass is 16.5. The SMILES string of the molecule is CCc1c(C(C)(C)c2ccccc2)cc(CC(C)(C)C)c(OC(C)(C)C)c1CC(C)(C)C. The van der Waals surface area contributed by atoms with Crippen molar-refractivity contribution in [3.05, 3.63) is 64.2 Å². The molecule has 2 aromatic rings. The maximum absolute atomic E-state index is 6.77. The van der Waals surface area contributed by atoms with Gasteiger partial charge in [-0.3, -0.25) is 0 Å². The highest BCUT2D eigenvalue weighted by Crippen LogP contribution is 2.44. The van der Waals surface area contributed by atoms with Gasteiger partial charge < -0.3 is 4.74 Å². The van der Waals surface area contributed by atoms with Crippen LogP contribution in [0.2, 0.25) is 0 Å². The second-order valence-electron chi connectivity index (χ2n) is 13.4. The maximum Gasteiger partial charge on any atom is 0.126 e. The highest BCUT2D eigenvalue weighted by Gasteiger charge is 2.32. The van der Waals surface area contributed by atoms with Crippen LogP contribution in [0.4, 0.5) is 0 Å². The molecule has 0 fully saturated rings. The summed E-state index contributed by atoms with van der Waals surface area (Å²) in [5.74, 6) is 1.13. The molecule has 1 heteroatoms. The smallest absolute Gasteiger partial charge is 0.126 e. The van der Waals surface area contributed by atoms with Gasteiger partial charge in [0.05, 0.1) is 0 Å². The molecule has 0 saturated carbocycles. The van der Waals surface area contributed by atoms with Gasteiger partial charge in [-0.15, -0.1) is 0 Å². The standard InChI is InChI=1S/C31H48O/c1-13-24-25(21-29(5,6)7)27(32-30(8,9)10)22(20-28(2,3)4)19-26(24)31(11,12)23-17-15-14-16-18-23/h14-19H,13,20-21H2,1-12H3. The summed E-state index contributed by atoms with van der Waals surface area (Å²) < 4.78 is 6.77. The molecule has 0 atom stereocenters. The molecule has 0 spiro atoms. The monoisotopic (exact) mass is 436 g/mol. The number of rotatable bonds is 6. The molecule has 32 heavy (non-hydrogen) atoms. The average molecular weight is 437 g/mol. The second-order valence-corrected chi connectivity index (χ2v) is 13.4. The fraction of sp³-hybridized carbons (Fsp3) is 0.613. The van der Waals surface area contributed by atoms with Gasteiger partial charge in [-0.1, -0.05) is 98.7 Å². The molecular formula is C31H48O. The number of benzene rings is 2. The molecule has 0 N–H and O–H groups in total. The maximum atomic E-state index is 6.77. The first-order chi connectivity index (χ1) is 14.4. The van der Waals surface area contributed by atoms with Crippen molar-refractivity contribution in [3.63, 3.8) is 0 Å². The van der Waals surface area contributed by atoms with Crippen molar-refractivity contribution in [1.82, 2.24) is 0 Å². The van der Waals surface area contributed by atoms with Gasteiger partial charge in [0.1, 0.15) is 11.4 Å². The lowest BCUT2D eigenvalue weighted by atomic mass is 9.71. The van der Waals surface area contributed by atoms with Gasteiger partial charge in [0.2, 0.25) is 0 Å². The lowest BCUT2D eigenvalue weighted by Crippen LogP contribution is -2.29. The van der Waals surface area contributed by atoms with E-state index in [0.717, 1.165) is 25.0 Å². The van der Waals surface area contributed by atoms with Gasteiger partial charge in [-0.2, -0.15) is 0 Å². The Morgan fingerprint density at radius 2 is 1.22 bits per heavy atom. The lowest BCUT2D eigenvalue weighted by molar-refractivity contribution is 0.125. The molecule has 0 aliphatic heterocycles. The summed E-state index contributed by atoms with van der Waals surface area (Å²) >= 11 is 0. The zero-order valence-corrected chi connectivity index (χ0v) is 23.0. The van der Waals surface area contributed by atoms with Crippen LogP contribution in [0, 0.1) is 10.8 Å². The van der Waals surface area contributed by atoms with Gasteiger partial charge in [-0.05, 0) is 78.7 Å². The van der Waals surface area contributed by atoms with Crippen LogP contribution in [0.1, 0.15) is 111 Å². The Hall–Kier alpha value is -1.76. The number of hydrogen-bond acceptors (Lipinski definition) is 1. The average Bonchev–Trinajstić information content (AvgIpc) is 2.61. The van der Waals surface area contributed by atoms with E-state index in [2.05, 4.69) is 119 Å². The Balaban J connectivity index is 2.93. The Morgan fingerprint density at radius 1 is 0.688 bits per heavy atom. The third-order valence-corrected chi connectivity index (χ3v) is 5.93. The van der Waals surface area contributed by atoms with Gasteiger partial charge >= 0.3 is 0 Å². The van der Waals surface area contributed by atoms with Crippen LogP contribution >= 0.6 is 0 Å². The Bertz CT molecular complexity index is 897. The van der Waals surface area contributed by atoms with E-state index in [1.807, 2.05) is 0 Å². The molecule has 0 radical (unpaired) electrons. The summed E-state index contributed by atoms with van der Waals surface area (Å²) in [4.78, 5) is 0. The summed E-state index contributed by atoms with van der Waals surface area (Å²) in [6, 6.07) is 13.4. The van der Waals surface area contributed by atoms with E-state index in [0.29, 0.717) is 0 Å². The zero-order chi connectivity index (χ0) is 24.5. The molecule has 0 bridgehead atoms. The number of ether oxygens (including phenoxy) is 1. The van der Waals surface area contributed by atoms with Gasteiger partial charge in [0, 0.05) is 5.41 Å². The first kappa shape index (κ1) is 26.5. The molecule has 0 heterocycles. The summed E-state index contributed by atoms with van der Waals surface area (Å²) in [5, 5.41) is 0. The van der Waals surface area contributed by atoms with Crippen molar-refractivity contribution in [3.8, 4) is 5.75 Å². The van der Waals surface area contributed by atoms with E-state index in [1.165, 1.54) is 27.8 Å². The molecule has 0 aromatic heterocycles. The van der Waals surface area contributed by atoms with Crippen LogP contribution in [-0.2, 0) is 24.7 Å². The minimum atomic E-state index is -0.235. The van der Waals surface area contributed by atoms with Crippen LogP contribution in [-0.4, -0.2) is 5.60 Å². The van der Waals surface area contributed by atoms with E-state index in [1.54, 1.807) is 0 Å². The molecule has 0 unspecified atom stereocenters. The minimum Gasteiger partial charge on any atom is -0.488 e. The van der Waals surface area contributed by atoms with Crippen LogP contribution in [0.15, 0.2) is 36.4 Å². The molecule has 178 valence electrons. The fourth-order valence-electron chi connectivity index (χ4n) is 4.65. The molecule has 0 amide bonds. The van der Waals surface area contributed by atoms with Crippen molar-refractivity contribution < 1.29 is 4.74 Å². The quantitative estimate of drug-likeness (QED) is 0.439. The summed E-state index contributed by atoms with van der Waals surface area (Å²) in [6.07, 6.45) is 3.02. The van der Waals surface area contributed by atoms with Crippen molar-refractivity contribution in [2.45, 2.75) is 113 Å². The van der Waals surface area contributed by atoms with E-state index in [9.17, 15) is 0 Å². The fourth-order valence-corrected chi connectivity index (χ4v) is 4.65. The van der Waals surface area contributed by atoms with Gasteiger partial charge in [-0.25, -0.2) is 0 Å². The molecule has 0 aliphatic carbocycles. The van der Waals surface area contributed by atoms with Crippen molar-refractivity contribution in [1.29, 1.82) is 0 Å². The predicted molar refractivity (Wildman–Crippen MR) is 141 cm³/mol. The third-order valence-electron chi connectivity index (χ3n) is 5.93. The van der Waals surface area contributed by atoms with Crippen LogP contribution < -0.4 is 4.74 Å². The highest BCUT2D eigenvalue weighted by molar-refractivity contribution is 5.56. The van der Waals surface area contributed by atoms with E-state index >= 15 is 0 Å². The second kappa shape index (κ2) is 9.24. The topological polar surface area (TPSA) is 9.23 Å². The summed E-state index contributed by atoms with van der Waals surface area (Å²) in [6.45, 7) is 27.6. The normalized spacial score (nSPS) is 13.4.